The lowest BCUT2D eigenvalue weighted by atomic mass is 9.98. The second-order valence-electron chi connectivity index (χ2n) is 4.44. The van der Waals surface area contributed by atoms with E-state index in [9.17, 15) is 9.59 Å². The van der Waals surface area contributed by atoms with Crippen molar-refractivity contribution in [1.29, 1.82) is 0 Å². The van der Waals surface area contributed by atoms with E-state index in [-0.39, 0.29) is 0 Å². The maximum Gasteiger partial charge on any atom is 0.338 e. The molecule has 0 atom stereocenters. The Hall–Kier alpha value is -1.58. The topological polar surface area (TPSA) is 52.6 Å². The Bertz CT molecular complexity index is 380. The van der Waals surface area contributed by atoms with Gasteiger partial charge in [0.05, 0.1) is 24.4 Å². The van der Waals surface area contributed by atoms with Crippen molar-refractivity contribution in [2.75, 3.05) is 13.2 Å². The van der Waals surface area contributed by atoms with Crippen molar-refractivity contribution in [3.8, 4) is 0 Å². The lowest BCUT2D eigenvalue weighted by Crippen LogP contribution is -2.19. The Morgan fingerprint density at radius 1 is 0.947 bits per heavy atom. The number of hydrogen-bond acceptors (Lipinski definition) is 4. The fourth-order valence-electron chi connectivity index (χ4n) is 1.72. The minimum absolute atomic E-state index is 0.348. The number of rotatable bonds is 7. The zero-order valence-electron chi connectivity index (χ0n) is 11.7. The van der Waals surface area contributed by atoms with E-state index in [1.165, 1.54) is 0 Å². The lowest BCUT2D eigenvalue weighted by molar-refractivity contribution is -0.142. The molecule has 0 N–H and O–H groups in total. The summed E-state index contributed by atoms with van der Waals surface area (Å²) in [4.78, 5) is 23.8. The number of carbonyl (C=O) groups is 2. The van der Waals surface area contributed by atoms with E-state index >= 15 is 0 Å². The zero-order chi connectivity index (χ0) is 14.1. The van der Waals surface area contributed by atoms with Gasteiger partial charge in [0.2, 0.25) is 0 Å². The van der Waals surface area contributed by atoms with E-state index in [4.69, 9.17) is 9.47 Å². The minimum Gasteiger partial charge on any atom is -0.462 e. The summed E-state index contributed by atoms with van der Waals surface area (Å²) in [7, 11) is 0. The fourth-order valence-corrected chi connectivity index (χ4v) is 1.72. The molecule has 0 unspecified atom stereocenters. The highest BCUT2D eigenvalue weighted by atomic mass is 16.5. The molecule has 4 nitrogen and oxygen atoms in total. The van der Waals surface area contributed by atoms with Crippen molar-refractivity contribution in [2.24, 2.45) is 0 Å². The van der Waals surface area contributed by atoms with Crippen LogP contribution in [0, 0.1) is 0 Å². The van der Waals surface area contributed by atoms with Crippen molar-refractivity contribution in [3.63, 3.8) is 0 Å². The first-order valence-electron chi connectivity index (χ1n) is 6.95. The molecule has 0 aromatic carbocycles. The van der Waals surface area contributed by atoms with Gasteiger partial charge < -0.3 is 9.47 Å². The fraction of sp³-hybridized carbons (Fsp3) is 0.600. The summed E-state index contributed by atoms with van der Waals surface area (Å²) in [5.41, 5.74) is 0.699. The van der Waals surface area contributed by atoms with Crippen molar-refractivity contribution in [3.05, 3.63) is 23.3 Å². The average Bonchev–Trinajstić information content (AvgIpc) is 2.45. The molecular weight excluding hydrogens is 244 g/mol. The molecule has 0 spiro atoms. The number of allylic oxidation sites excluding steroid dienone is 2. The van der Waals surface area contributed by atoms with E-state index in [0.717, 1.165) is 32.1 Å². The van der Waals surface area contributed by atoms with Gasteiger partial charge >= 0.3 is 11.9 Å². The van der Waals surface area contributed by atoms with E-state index < -0.39 is 11.9 Å². The van der Waals surface area contributed by atoms with Gasteiger partial charge in [0.15, 0.2) is 0 Å². The van der Waals surface area contributed by atoms with Crippen LogP contribution in [-0.2, 0) is 19.1 Å². The van der Waals surface area contributed by atoms with Crippen molar-refractivity contribution in [2.45, 2.75) is 46.0 Å². The molecule has 0 amide bonds. The number of ether oxygens (including phenoxy) is 2. The van der Waals surface area contributed by atoms with E-state index in [1.807, 2.05) is 13.8 Å². The zero-order valence-corrected chi connectivity index (χ0v) is 11.7. The molecule has 0 bridgehead atoms. The van der Waals surface area contributed by atoms with Crippen molar-refractivity contribution < 1.29 is 19.1 Å². The van der Waals surface area contributed by atoms with Gasteiger partial charge in [-0.1, -0.05) is 32.4 Å². The molecule has 1 aliphatic rings. The van der Waals surface area contributed by atoms with Gasteiger partial charge in [-0.05, 0) is 25.7 Å². The van der Waals surface area contributed by atoms with Gasteiger partial charge in [-0.25, -0.2) is 9.59 Å². The summed E-state index contributed by atoms with van der Waals surface area (Å²) in [5, 5.41) is 0. The maximum atomic E-state index is 11.9. The third-order valence-corrected chi connectivity index (χ3v) is 2.76. The first-order valence-corrected chi connectivity index (χ1v) is 6.95. The van der Waals surface area contributed by atoms with Crippen LogP contribution in [0.4, 0.5) is 0 Å². The Morgan fingerprint density at radius 2 is 1.47 bits per heavy atom. The molecule has 0 fully saturated rings. The molecule has 0 aromatic rings. The Balaban J connectivity index is 2.63. The Kier molecular flexibility index (Phi) is 6.93. The van der Waals surface area contributed by atoms with Gasteiger partial charge in [-0.2, -0.15) is 0 Å². The van der Waals surface area contributed by atoms with Crippen LogP contribution in [0.3, 0.4) is 0 Å². The van der Waals surface area contributed by atoms with Crippen LogP contribution in [0.2, 0.25) is 0 Å². The van der Waals surface area contributed by atoms with Gasteiger partial charge in [0.25, 0.3) is 0 Å². The number of esters is 2. The molecule has 1 aliphatic carbocycles. The lowest BCUT2D eigenvalue weighted by Gasteiger charge is -2.14. The van der Waals surface area contributed by atoms with E-state index in [1.54, 1.807) is 12.2 Å². The monoisotopic (exact) mass is 266 g/mol. The quantitative estimate of drug-likeness (QED) is 0.525. The SMILES string of the molecule is CCCCOC(=O)C1=CCCC=C1C(=O)OCCC. The molecule has 0 aliphatic heterocycles. The van der Waals surface area contributed by atoms with Crippen LogP contribution in [-0.4, -0.2) is 25.2 Å². The normalized spacial score (nSPS) is 14.4. The predicted octanol–water partition coefficient (Wildman–Crippen LogP) is 2.93. The number of carbonyl (C=O) groups excluding carboxylic acids is 2. The predicted molar refractivity (Wildman–Crippen MR) is 72.5 cm³/mol. The second-order valence-corrected chi connectivity index (χ2v) is 4.44. The van der Waals surface area contributed by atoms with Crippen molar-refractivity contribution >= 4 is 11.9 Å². The molecule has 4 heteroatoms. The molecule has 0 saturated heterocycles. The van der Waals surface area contributed by atoms with Crippen LogP contribution in [0.5, 0.6) is 0 Å². The standard InChI is InChI=1S/C15H22O4/c1-3-5-11-19-15(17)13-9-7-6-8-12(13)14(16)18-10-4-2/h8-9H,3-7,10-11H2,1-2H3. The molecule has 0 aromatic heterocycles. The molecule has 106 valence electrons. The third kappa shape index (κ3) is 4.89. The average molecular weight is 266 g/mol. The molecule has 0 heterocycles. The van der Waals surface area contributed by atoms with Gasteiger partial charge in [0.1, 0.15) is 0 Å². The largest absolute Gasteiger partial charge is 0.462 e. The molecular formula is C15H22O4. The van der Waals surface area contributed by atoms with Crippen LogP contribution in [0.1, 0.15) is 46.0 Å². The first-order chi connectivity index (χ1) is 9.20. The summed E-state index contributed by atoms with van der Waals surface area (Å²) in [5.74, 6) is -0.854. The van der Waals surface area contributed by atoms with Crippen LogP contribution >= 0.6 is 0 Å². The van der Waals surface area contributed by atoms with Gasteiger partial charge in [-0.3, -0.25) is 0 Å². The summed E-state index contributed by atoms with van der Waals surface area (Å²) in [6, 6.07) is 0. The van der Waals surface area contributed by atoms with Crippen molar-refractivity contribution in [1.82, 2.24) is 0 Å². The summed E-state index contributed by atoms with van der Waals surface area (Å²) >= 11 is 0. The minimum atomic E-state index is -0.430. The van der Waals surface area contributed by atoms with Gasteiger partial charge in [0, 0.05) is 0 Å². The Morgan fingerprint density at radius 3 is 1.95 bits per heavy atom. The first kappa shape index (κ1) is 15.5. The van der Waals surface area contributed by atoms with E-state index in [2.05, 4.69) is 0 Å². The highest BCUT2D eigenvalue weighted by molar-refractivity contribution is 6.07. The smallest absolute Gasteiger partial charge is 0.338 e. The molecule has 19 heavy (non-hydrogen) atoms. The number of unbranched alkanes of at least 4 members (excludes halogenated alkanes) is 1. The molecule has 0 radical (unpaired) electrons. The van der Waals surface area contributed by atoms with Crippen LogP contribution in [0.25, 0.3) is 0 Å². The van der Waals surface area contributed by atoms with E-state index in [0.29, 0.717) is 24.4 Å². The van der Waals surface area contributed by atoms with Crippen LogP contribution < -0.4 is 0 Å². The van der Waals surface area contributed by atoms with Crippen LogP contribution in [0.15, 0.2) is 23.3 Å². The highest BCUT2D eigenvalue weighted by Gasteiger charge is 2.24. The molecule has 1 rings (SSSR count). The highest BCUT2D eigenvalue weighted by Crippen LogP contribution is 2.21. The summed E-state index contributed by atoms with van der Waals surface area (Å²) in [6.07, 6.45) is 7.58. The molecule has 0 saturated carbocycles. The van der Waals surface area contributed by atoms with Gasteiger partial charge in [-0.15, -0.1) is 0 Å². The second kappa shape index (κ2) is 8.51. The maximum absolute atomic E-state index is 11.9. The Labute approximate surface area is 114 Å². The number of hydrogen-bond donors (Lipinski definition) is 0. The summed E-state index contributed by atoms with van der Waals surface area (Å²) in [6.45, 7) is 4.72. The summed E-state index contributed by atoms with van der Waals surface area (Å²) < 4.78 is 10.2. The third-order valence-electron chi connectivity index (χ3n) is 2.76.